The van der Waals surface area contributed by atoms with Gasteiger partial charge in [-0.3, -0.25) is 0 Å². The molecule has 2 aromatic carbocycles. The van der Waals surface area contributed by atoms with E-state index in [4.69, 9.17) is 33.2 Å². The Hall–Kier alpha value is -3.27. The summed E-state index contributed by atoms with van der Waals surface area (Å²) in [5.74, 6) is -0.819. The monoisotopic (exact) mass is 738 g/mol. The highest BCUT2D eigenvalue weighted by Gasteiger charge is 2.54. The van der Waals surface area contributed by atoms with Crippen LogP contribution in [0.4, 0.5) is 0 Å². The molecule has 15 atom stereocenters. The van der Waals surface area contributed by atoms with Gasteiger partial charge in [0.1, 0.15) is 66.4 Å². The Bertz CT molecular complexity index is 1460. The van der Waals surface area contributed by atoms with Gasteiger partial charge >= 0.3 is 5.97 Å². The molecule has 3 fully saturated rings. The number of aromatic hydroxyl groups is 2. The second-order valence-corrected chi connectivity index (χ2v) is 12.9. The van der Waals surface area contributed by atoms with Gasteiger partial charge in [-0.15, -0.1) is 0 Å². The Balaban J connectivity index is 1.32. The highest BCUT2D eigenvalue weighted by Crippen LogP contribution is 2.33. The molecule has 3 heterocycles. The molecule has 17 heteroatoms. The maximum Gasteiger partial charge on any atom is 0.331 e. The van der Waals surface area contributed by atoms with Crippen molar-refractivity contribution in [2.24, 2.45) is 0 Å². The Morgan fingerprint density at radius 1 is 0.673 bits per heavy atom. The number of rotatable bonds is 12. The van der Waals surface area contributed by atoms with Gasteiger partial charge in [0.05, 0.1) is 25.4 Å². The minimum atomic E-state index is -1.86. The standard InChI is InChI=1S/C35H46O17/c1-16-24(40)25(41)27(43)34(47-16)51-30-17(2)48-35(28(44)26(30)42)52-32-29(45)33(46-14-13-19-5-10-21(38)11-6-19)49-22(15-36)31(32)50-23(39)12-7-18-3-8-20(37)9-4-18/h3-12,16-17,22,24-38,40-45H,13-15H2,1-2H3/b12-7+/t16-,17+,22+,24+,25-,26+,27-,28-,29+,30-,31+,32+,33+,34+,35+/m1/s1. The molecule has 0 aliphatic carbocycles. The number of ether oxygens (including phenoxy) is 7. The fraction of sp³-hybridized carbons (Fsp3) is 0.571. The van der Waals surface area contributed by atoms with E-state index in [1.807, 2.05) is 0 Å². The number of carbonyl (C=O) groups is 1. The number of aliphatic hydroxyl groups is 7. The zero-order valence-electron chi connectivity index (χ0n) is 28.3. The summed E-state index contributed by atoms with van der Waals surface area (Å²) in [6.45, 7) is 2.18. The van der Waals surface area contributed by atoms with Crippen molar-refractivity contribution < 1.29 is 83.9 Å². The number of esters is 1. The zero-order chi connectivity index (χ0) is 37.7. The summed E-state index contributed by atoms with van der Waals surface area (Å²) >= 11 is 0. The van der Waals surface area contributed by atoms with Crippen molar-refractivity contribution in [1.82, 2.24) is 0 Å². The zero-order valence-corrected chi connectivity index (χ0v) is 28.3. The number of phenolic OH excluding ortho intramolecular Hbond substituents is 2. The summed E-state index contributed by atoms with van der Waals surface area (Å²) in [7, 11) is 0. The van der Waals surface area contributed by atoms with Crippen LogP contribution in [0.25, 0.3) is 6.08 Å². The minimum Gasteiger partial charge on any atom is -0.508 e. The van der Waals surface area contributed by atoms with Gasteiger partial charge in [0.2, 0.25) is 0 Å². The molecule has 2 aromatic rings. The molecule has 0 saturated carbocycles. The first-order valence-electron chi connectivity index (χ1n) is 16.8. The van der Waals surface area contributed by atoms with E-state index >= 15 is 0 Å². The van der Waals surface area contributed by atoms with Crippen LogP contribution in [0.1, 0.15) is 25.0 Å². The quantitative estimate of drug-likeness (QED) is 0.0879. The summed E-state index contributed by atoms with van der Waals surface area (Å²) in [6, 6.07) is 12.3. The molecule has 0 amide bonds. The lowest BCUT2D eigenvalue weighted by Crippen LogP contribution is -2.66. The summed E-state index contributed by atoms with van der Waals surface area (Å²) in [6.07, 6.45) is -19.6. The molecular formula is C35H46O17. The van der Waals surface area contributed by atoms with Crippen LogP contribution in [0.5, 0.6) is 11.5 Å². The van der Waals surface area contributed by atoms with E-state index < -0.39 is 105 Å². The van der Waals surface area contributed by atoms with E-state index in [9.17, 15) is 50.8 Å². The first-order valence-corrected chi connectivity index (χ1v) is 16.8. The average Bonchev–Trinajstić information content (AvgIpc) is 3.12. The van der Waals surface area contributed by atoms with Gasteiger partial charge in [-0.25, -0.2) is 4.79 Å². The summed E-state index contributed by atoms with van der Waals surface area (Å²) in [4.78, 5) is 13.0. The van der Waals surface area contributed by atoms with Gasteiger partial charge in [0.15, 0.2) is 25.0 Å². The molecule has 9 N–H and O–H groups in total. The number of hydrogen-bond donors (Lipinski definition) is 9. The molecular weight excluding hydrogens is 692 g/mol. The number of carbonyl (C=O) groups excluding carboxylic acids is 1. The van der Waals surface area contributed by atoms with Crippen molar-refractivity contribution in [3.8, 4) is 11.5 Å². The first kappa shape index (κ1) is 39.9. The van der Waals surface area contributed by atoms with Crippen LogP contribution < -0.4 is 0 Å². The third-order valence-electron chi connectivity index (χ3n) is 9.13. The predicted molar refractivity (Wildman–Crippen MR) is 175 cm³/mol. The van der Waals surface area contributed by atoms with Crippen molar-refractivity contribution in [1.29, 1.82) is 0 Å². The largest absolute Gasteiger partial charge is 0.508 e. The molecule has 0 aromatic heterocycles. The third kappa shape index (κ3) is 9.44. The average molecular weight is 739 g/mol. The maximum atomic E-state index is 13.0. The van der Waals surface area contributed by atoms with Gasteiger partial charge in [-0.05, 0) is 61.7 Å². The molecule has 3 aliphatic rings. The van der Waals surface area contributed by atoms with Gasteiger partial charge in [-0.1, -0.05) is 24.3 Å². The molecule has 3 saturated heterocycles. The fourth-order valence-electron chi connectivity index (χ4n) is 6.10. The van der Waals surface area contributed by atoms with Crippen LogP contribution in [0, 0.1) is 0 Å². The van der Waals surface area contributed by atoms with Crippen LogP contribution in [0.3, 0.4) is 0 Å². The maximum absolute atomic E-state index is 13.0. The van der Waals surface area contributed by atoms with Gasteiger partial charge < -0.3 is 79.1 Å². The van der Waals surface area contributed by atoms with Crippen molar-refractivity contribution in [3.63, 3.8) is 0 Å². The van der Waals surface area contributed by atoms with Crippen molar-refractivity contribution in [2.75, 3.05) is 13.2 Å². The van der Waals surface area contributed by atoms with Crippen molar-refractivity contribution in [3.05, 3.63) is 65.7 Å². The Morgan fingerprint density at radius 3 is 1.88 bits per heavy atom. The molecule has 0 bridgehead atoms. The van der Waals surface area contributed by atoms with Crippen molar-refractivity contribution >= 4 is 12.0 Å². The highest BCUT2D eigenvalue weighted by atomic mass is 16.8. The van der Waals surface area contributed by atoms with Crippen LogP contribution in [0.2, 0.25) is 0 Å². The lowest BCUT2D eigenvalue weighted by atomic mass is 9.96. The molecule has 3 aliphatic heterocycles. The third-order valence-corrected chi connectivity index (χ3v) is 9.13. The number of benzene rings is 2. The summed E-state index contributed by atoms with van der Waals surface area (Å²) in [5, 5.41) is 93.7. The smallest absolute Gasteiger partial charge is 0.331 e. The fourth-order valence-corrected chi connectivity index (χ4v) is 6.10. The van der Waals surface area contributed by atoms with E-state index in [2.05, 4.69) is 0 Å². The topological polar surface area (TPSA) is 264 Å². The summed E-state index contributed by atoms with van der Waals surface area (Å²) < 4.78 is 40.3. The number of aliphatic hydroxyl groups excluding tert-OH is 7. The normalized spacial score (nSPS) is 38.3. The van der Waals surface area contributed by atoms with E-state index in [1.54, 1.807) is 24.3 Å². The number of phenols is 2. The summed E-state index contributed by atoms with van der Waals surface area (Å²) in [5.41, 5.74) is 1.35. The van der Waals surface area contributed by atoms with Crippen LogP contribution >= 0.6 is 0 Å². The van der Waals surface area contributed by atoms with E-state index in [0.717, 1.165) is 11.6 Å². The Morgan fingerprint density at radius 2 is 1.25 bits per heavy atom. The molecule has 0 unspecified atom stereocenters. The lowest BCUT2D eigenvalue weighted by molar-refractivity contribution is -0.375. The lowest BCUT2D eigenvalue weighted by Gasteiger charge is -2.48. The number of hydrogen-bond acceptors (Lipinski definition) is 17. The highest BCUT2D eigenvalue weighted by molar-refractivity contribution is 5.87. The minimum absolute atomic E-state index is 0.00788. The molecule has 17 nitrogen and oxygen atoms in total. The van der Waals surface area contributed by atoms with E-state index in [-0.39, 0.29) is 18.1 Å². The van der Waals surface area contributed by atoms with E-state index in [1.165, 1.54) is 44.2 Å². The van der Waals surface area contributed by atoms with Crippen LogP contribution in [-0.4, -0.2) is 157 Å². The van der Waals surface area contributed by atoms with Crippen LogP contribution in [0.15, 0.2) is 54.6 Å². The second kappa shape index (κ2) is 17.7. The van der Waals surface area contributed by atoms with E-state index in [0.29, 0.717) is 12.0 Å². The van der Waals surface area contributed by atoms with Crippen LogP contribution in [-0.2, 0) is 44.4 Å². The molecule has 5 rings (SSSR count). The second-order valence-electron chi connectivity index (χ2n) is 12.9. The molecule has 288 valence electrons. The SMILES string of the molecule is C[C@@H]1O[C@@H](O[C@H]2[C@H](O)[C@@H](OCCc3ccc(O)cc3)O[C@@H](CO)[C@@H]2OC(=O)/C=C/c2ccc(O)cc2)[C@H](O)[C@H](O)[C@@H]1O[C@@H]1O[C@H](C)[C@H](O)[C@@H](O)[C@H]1O. The van der Waals surface area contributed by atoms with Gasteiger partial charge in [0.25, 0.3) is 0 Å². The van der Waals surface area contributed by atoms with Gasteiger partial charge in [-0.2, -0.15) is 0 Å². The Labute approximate surface area is 298 Å². The van der Waals surface area contributed by atoms with Crippen molar-refractivity contribution in [2.45, 2.75) is 112 Å². The first-order chi connectivity index (χ1) is 24.8. The molecule has 52 heavy (non-hydrogen) atoms. The predicted octanol–water partition coefficient (Wildman–Crippen LogP) is -1.58. The Kier molecular flexibility index (Phi) is 13.6. The molecule has 0 spiro atoms. The van der Waals surface area contributed by atoms with Gasteiger partial charge in [0, 0.05) is 6.08 Å². The molecule has 0 radical (unpaired) electrons.